The number of nitrogens with zero attached hydrogens (tertiary/aromatic N) is 3. The summed E-state index contributed by atoms with van der Waals surface area (Å²) in [6, 6.07) is 25.8. The van der Waals surface area contributed by atoms with Crippen LogP contribution >= 0.6 is 15.9 Å². The highest BCUT2D eigenvalue weighted by Gasteiger charge is 2.23. The molecule has 10 nitrogen and oxygen atoms in total. The van der Waals surface area contributed by atoms with Gasteiger partial charge >= 0.3 is 11.9 Å². The molecular formula is C30H31BrN4O6. The molecule has 0 bridgehead atoms. The number of carbonyl (C=O) groups is 3. The maximum atomic E-state index is 12.5. The fourth-order valence-electron chi connectivity index (χ4n) is 4.63. The quantitative estimate of drug-likeness (QED) is 0.237. The Bertz CT molecular complexity index is 1460. The number of carboxylic acid groups (broad SMARTS) is 2. The Morgan fingerprint density at radius 1 is 0.902 bits per heavy atom. The summed E-state index contributed by atoms with van der Waals surface area (Å²) in [6.07, 6.45) is 2.11. The van der Waals surface area contributed by atoms with Crippen LogP contribution in [-0.4, -0.2) is 62.1 Å². The number of benzene rings is 3. The van der Waals surface area contributed by atoms with Crippen molar-refractivity contribution in [2.24, 2.45) is 5.92 Å². The molecule has 1 aliphatic heterocycles. The fourth-order valence-corrected chi connectivity index (χ4v) is 4.89. The lowest BCUT2D eigenvalue weighted by atomic mass is 9.96. The Morgan fingerprint density at radius 3 is 2.20 bits per heavy atom. The number of aromatic nitrogens is 2. The van der Waals surface area contributed by atoms with Crippen molar-refractivity contribution in [3.8, 4) is 5.75 Å². The number of carboxylic acids is 2. The number of likely N-dealkylation sites (tertiary alicyclic amines) is 1. The van der Waals surface area contributed by atoms with Crippen LogP contribution in [0.1, 0.15) is 18.7 Å². The molecule has 1 saturated heterocycles. The lowest BCUT2D eigenvalue weighted by Gasteiger charge is -2.32. The number of hydrogen-bond acceptors (Lipinski definition) is 6. The summed E-state index contributed by atoms with van der Waals surface area (Å²) in [5.74, 6) is -1.28. The zero-order valence-corrected chi connectivity index (χ0v) is 23.9. The molecule has 0 aliphatic carbocycles. The minimum absolute atomic E-state index is 0.0340. The number of amides is 1. The topological polar surface area (TPSA) is 134 Å². The number of rotatable bonds is 8. The average molecular weight is 624 g/mol. The molecule has 1 aliphatic rings. The third-order valence-corrected chi connectivity index (χ3v) is 7.20. The molecule has 41 heavy (non-hydrogen) atoms. The Balaban J connectivity index is 0.000000585. The molecule has 0 atom stereocenters. The molecule has 5 rings (SSSR count). The molecule has 2 heterocycles. The molecule has 0 radical (unpaired) electrons. The normalized spacial score (nSPS) is 13.7. The minimum atomic E-state index is -1.82. The maximum Gasteiger partial charge on any atom is 0.414 e. The van der Waals surface area contributed by atoms with E-state index in [-0.39, 0.29) is 5.91 Å². The van der Waals surface area contributed by atoms with Gasteiger partial charge in [0.05, 0.1) is 17.6 Å². The predicted molar refractivity (Wildman–Crippen MR) is 158 cm³/mol. The van der Waals surface area contributed by atoms with Crippen LogP contribution in [0.3, 0.4) is 0 Å². The van der Waals surface area contributed by atoms with E-state index in [0.29, 0.717) is 19.1 Å². The van der Waals surface area contributed by atoms with Gasteiger partial charge < -0.3 is 24.8 Å². The SMILES string of the molecule is O=C(CN1CCC(Cn2c(COc3ccccc3)nc3ccccc32)CC1)Nc1ccc(Br)cc1.O=C(O)C(=O)O. The molecule has 214 valence electrons. The van der Waals surface area contributed by atoms with Gasteiger partial charge in [0.1, 0.15) is 18.2 Å². The molecule has 1 amide bonds. The van der Waals surface area contributed by atoms with Crippen molar-refractivity contribution in [1.29, 1.82) is 0 Å². The predicted octanol–water partition coefficient (Wildman–Crippen LogP) is 4.88. The molecule has 0 saturated carbocycles. The van der Waals surface area contributed by atoms with Gasteiger partial charge in [0.15, 0.2) is 0 Å². The van der Waals surface area contributed by atoms with Crippen molar-refractivity contribution < 1.29 is 29.3 Å². The maximum absolute atomic E-state index is 12.5. The van der Waals surface area contributed by atoms with Crippen molar-refractivity contribution in [1.82, 2.24) is 14.5 Å². The van der Waals surface area contributed by atoms with Crippen LogP contribution in [0.4, 0.5) is 5.69 Å². The Kier molecular flexibility index (Phi) is 10.5. The summed E-state index contributed by atoms with van der Waals surface area (Å²) >= 11 is 3.42. The van der Waals surface area contributed by atoms with E-state index in [2.05, 4.69) is 48.9 Å². The van der Waals surface area contributed by atoms with E-state index in [9.17, 15) is 4.79 Å². The van der Waals surface area contributed by atoms with E-state index in [1.807, 2.05) is 60.7 Å². The largest absolute Gasteiger partial charge is 0.486 e. The molecule has 11 heteroatoms. The van der Waals surface area contributed by atoms with Gasteiger partial charge in [-0.05, 0) is 80.4 Å². The number of nitrogens with one attached hydrogen (secondary N) is 1. The van der Waals surface area contributed by atoms with Gasteiger partial charge in [-0.3, -0.25) is 9.69 Å². The number of imidazole rings is 1. The first-order chi connectivity index (χ1) is 19.8. The molecule has 4 aromatic rings. The first-order valence-corrected chi connectivity index (χ1v) is 13.9. The summed E-state index contributed by atoms with van der Waals surface area (Å²) < 4.78 is 9.35. The van der Waals surface area contributed by atoms with Gasteiger partial charge in [-0.15, -0.1) is 0 Å². The molecule has 3 aromatic carbocycles. The summed E-state index contributed by atoms with van der Waals surface area (Å²) in [7, 11) is 0. The van der Waals surface area contributed by atoms with Crippen molar-refractivity contribution in [3.05, 3.63) is 89.2 Å². The third-order valence-electron chi connectivity index (χ3n) is 6.67. The second kappa shape index (κ2) is 14.4. The van der Waals surface area contributed by atoms with Crippen molar-refractivity contribution in [2.75, 3.05) is 25.0 Å². The zero-order chi connectivity index (χ0) is 29.2. The number of halogens is 1. The van der Waals surface area contributed by atoms with E-state index < -0.39 is 11.9 Å². The van der Waals surface area contributed by atoms with E-state index in [4.69, 9.17) is 29.5 Å². The van der Waals surface area contributed by atoms with Crippen molar-refractivity contribution in [3.63, 3.8) is 0 Å². The lowest BCUT2D eigenvalue weighted by molar-refractivity contribution is -0.159. The summed E-state index contributed by atoms with van der Waals surface area (Å²) in [6.45, 7) is 3.61. The number of fused-ring (bicyclic) bond motifs is 1. The smallest absolute Gasteiger partial charge is 0.414 e. The number of anilines is 1. The van der Waals surface area contributed by atoms with E-state index >= 15 is 0 Å². The molecule has 3 N–H and O–H groups in total. The lowest BCUT2D eigenvalue weighted by Crippen LogP contribution is -2.40. The van der Waals surface area contributed by atoms with Gasteiger partial charge in [0.2, 0.25) is 5.91 Å². The number of piperidine rings is 1. The van der Waals surface area contributed by atoms with E-state index in [1.165, 1.54) is 0 Å². The fraction of sp³-hybridized carbons (Fsp3) is 0.267. The monoisotopic (exact) mass is 622 g/mol. The van der Waals surface area contributed by atoms with Gasteiger partial charge in [-0.1, -0.05) is 46.3 Å². The van der Waals surface area contributed by atoms with E-state index in [1.54, 1.807) is 0 Å². The number of ether oxygens (including phenoxy) is 1. The zero-order valence-electron chi connectivity index (χ0n) is 22.3. The standard InChI is InChI=1S/C28H29BrN4O2.C2H2O4/c29-22-10-12-23(13-11-22)30-28(34)19-32-16-14-21(15-17-32)18-33-26-9-5-4-8-25(26)31-27(33)20-35-24-6-2-1-3-7-24;3-1(4)2(5)6/h1-13,21H,14-20H2,(H,30,34);(H,3,4)(H,5,6). The Labute approximate surface area is 245 Å². The number of carbonyl (C=O) groups excluding carboxylic acids is 1. The van der Waals surface area contributed by atoms with Gasteiger partial charge in [-0.25, -0.2) is 14.6 Å². The highest BCUT2D eigenvalue weighted by Crippen LogP contribution is 2.25. The summed E-state index contributed by atoms with van der Waals surface area (Å²) in [5, 5.41) is 17.8. The Hall–Kier alpha value is -4.22. The minimum Gasteiger partial charge on any atom is -0.486 e. The Morgan fingerprint density at radius 2 is 1.54 bits per heavy atom. The summed E-state index contributed by atoms with van der Waals surface area (Å²) in [5.41, 5.74) is 2.97. The van der Waals surface area contributed by atoms with Crippen LogP contribution in [-0.2, 0) is 27.5 Å². The van der Waals surface area contributed by atoms with Gasteiger partial charge in [-0.2, -0.15) is 0 Å². The third kappa shape index (κ3) is 8.89. The second-order valence-corrected chi connectivity index (χ2v) is 10.5. The van der Waals surface area contributed by atoms with Crippen LogP contribution in [0.15, 0.2) is 83.3 Å². The number of hydrogen-bond donors (Lipinski definition) is 3. The van der Waals surface area contributed by atoms with Crippen LogP contribution in [0.5, 0.6) is 5.75 Å². The van der Waals surface area contributed by atoms with Gasteiger partial charge in [0, 0.05) is 16.7 Å². The molecule has 0 unspecified atom stereocenters. The molecule has 0 spiro atoms. The highest BCUT2D eigenvalue weighted by molar-refractivity contribution is 9.10. The second-order valence-electron chi connectivity index (χ2n) is 9.61. The van der Waals surface area contributed by atoms with Crippen LogP contribution in [0.25, 0.3) is 11.0 Å². The average Bonchev–Trinajstić information content (AvgIpc) is 3.32. The molecular weight excluding hydrogens is 592 g/mol. The van der Waals surface area contributed by atoms with Crippen LogP contribution in [0, 0.1) is 5.92 Å². The van der Waals surface area contributed by atoms with E-state index in [0.717, 1.165) is 65.2 Å². The van der Waals surface area contributed by atoms with Crippen LogP contribution < -0.4 is 10.1 Å². The van der Waals surface area contributed by atoms with Crippen molar-refractivity contribution >= 4 is 50.5 Å². The molecule has 1 fully saturated rings. The van der Waals surface area contributed by atoms with Crippen molar-refractivity contribution in [2.45, 2.75) is 26.0 Å². The van der Waals surface area contributed by atoms with Crippen LogP contribution in [0.2, 0.25) is 0 Å². The highest BCUT2D eigenvalue weighted by atomic mass is 79.9. The first-order valence-electron chi connectivity index (χ1n) is 13.1. The number of para-hydroxylation sites is 3. The number of aliphatic carboxylic acids is 2. The molecule has 1 aromatic heterocycles. The first kappa shape index (κ1) is 29.8. The van der Waals surface area contributed by atoms with Gasteiger partial charge in [0.25, 0.3) is 0 Å². The summed E-state index contributed by atoms with van der Waals surface area (Å²) in [4.78, 5) is 37.8.